The molecule has 0 aliphatic carbocycles. The van der Waals surface area contributed by atoms with Crippen LogP contribution in [0.25, 0.3) is 10.8 Å². The van der Waals surface area contributed by atoms with Gasteiger partial charge in [-0.1, -0.05) is 24.3 Å². The molecule has 86 valence electrons. The van der Waals surface area contributed by atoms with Crippen molar-refractivity contribution in [3.8, 4) is 0 Å². The van der Waals surface area contributed by atoms with Gasteiger partial charge in [0.1, 0.15) is 0 Å². The molecular weight excluding hydrogens is 264 g/mol. The lowest BCUT2D eigenvalue weighted by atomic mass is 10.2. The highest BCUT2D eigenvalue weighted by atomic mass is 79.9. The number of hydrogen-bond donors (Lipinski definition) is 0. The smallest absolute Gasteiger partial charge is 0.0344 e. The van der Waals surface area contributed by atoms with E-state index in [4.69, 9.17) is 0 Å². The van der Waals surface area contributed by atoms with Crippen molar-refractivity contribution >= 4 is 27.8 Å². The van der Waals surface area contributed by atoms with Gasteiger partial charge < -0.3 is 5.01 Å². The van der Waals surface area contributed by atoms with Gasteiger partial charge in [0, 0.05) is 36.3 Å². The molecule has 2 nitrogen and oxygen atoms in total. The first-order valence-electron chi connectivity index (χ1n) is 5.75. The number of hydrogen-bond acceptors (Lipinski definition) is 1. The highest BCUT2D eigenvalue weighted by Gasteiger charge is 2.10. The molecule has 1 saturated heterocycles. The highest BCUT2D eigenvalue weighted by molar-refractivity contribution is 8.93. The van der Waals surface area contributed by atoms with Crippen LogP contribution in [-0.2, 0) is 0 Å². The van der Waals surface area contributed by atoms with Crippen molar-refractivity contribution in [3.05, 3.63) is 36.7 Å². The Kier molecular flexibility index (Phi) is 3.54. The fourth-order valence-corrected chi connectivity index (χ4v) is 2.34. The van der Waals surface area contributed by atoms with E-state index in [1.165, 1.54) is 43.1 Å². The van der Waals surface area contributed by atoms with Crippen molar-refractivity contribution in [1.29, 1.82) is 0 Å². The zero-order valence-electron chi connectivity index (χ0n) is 9.30. The molecule has 1 aromatic carbocycles. The summed E-state index contributed by atoms with van der Waals surface area (Å²) < 4.78 is 2.27. The summed E-state index contributed by atoms with van der Waals surface area (Å²) in [6, 6.07) is 8.55. The number of fused-ring (bicyclic) bond motifs is 1. The van der Waals surface area contributed by atoms with Gasteiger partial charge in [-0.25, -0.2) is 0 Å². The Morgan fingerprint density at radius 3 is 1.94 bits per heavy atom. The first-order chi connectivity index (χ1) is 7.43. The second kappa shape index (κ2) is 4.91. The predicted octanol–water partition coefficient (Wildman–Crippen LogP) is 3.34. The molecule has 0 unspecified atom stereocenters. The van der Waals surface area contributed by atoms with Gasteiger partial charge in [0.25, 0.3) is 0 Å². The van der Waals surface area contributed by atoms with Crippen LogP contribution in [-0.4, -0.2) is 17.8 Å². The van der Waals surface area contributed by atoms with E-state index in [1.54, 1.807) is 0 Å². The summed E-state index contributed by atoms with van der Waals surface area (Å²) in [5.74, 6) is 0. The largest absolute Gasteiger partial charge is 0.313 e. The molecule has 0 atom stereocenters. The van der Waals surface area contributed by atoms with E-state index in [2.05, 4.69) is 46.3 Å². The molecule has 1 aromatic heterocycles. The summed E-state index contributed by atoms with van der Waals surface area (Å²) in [7, 11) is 0. The van der Waals surface area contributed by atoms with Gasteiger partial charge in [0.15, 0.2) is 0 Å². The lowest BCUT2D eigenvalue weighted by Gasteiger charge is -2.29. The second-order valence-electron chi connectivity index (χ2n) is 4.28. The summed E-state index contributed by atoms with van der Waals surface area (Å²) in [4.78, 5) is 0. The molecule has 2 aromatic rings. The number of benzene rings is 1. The molecule has 0 spiro atoms. The predicted molar refractivity (Wildman–Crippen MR) is 74.1 cm³/mol. The first kappa shape index (κ1) is 11.5. The SMILES string of the molecule is Br.c1ccc2cn(N3CCCCC3)cc2c1. The van der Waals surface area contributed by atoms with Crippen LogP contribution in [0.5, 0.6) is 0 Å². The molecule has 0 amide bonds. The maximum atomic E-state index is 2.43. The molecule has 0 N–H and O–H groups in total. The van der Waals surface area contributed by atoms with Crippen LogP contribution in [0.15, 0.2) is 36.7 Å². The van der Waals surface area contributed by atoms with Crippen LogP contribution < -0.4 is 5.01 Å². The molecule has 0 radical (unpaired) electrons. The van der Waals surface area contributed by atoms with Gasteiger partial charge in [-0.15, -0.1) is 17.0 Å². The molecular formula is C13H17BrN2. The molecule has 3 heteroatoms. The van der Waals surface area contributed by atoms with E-state index >= 15 is 0 Å². The summed E-state index contributed by atoms with van der Waals surface area (Å²) in [6.45, 7) is 2.39. The van der Waals surface area contributed by atoms with Gasteiger partial charge in [-0.3, -0.25) is 4.68 Å². The molecule has 16 heavy (non-hydrogen) atoms. The standard InChI is InChI=1S/C13H16N2.BrH/c1-4-8-14(9-5-1)15-10-12-6-2-3-7-13(12)11-15;/h2-3,6-7,10-11H,1,4-5,8-9H2;1H. The molecule has 0 saturated carbocycles. The van der Waals surface area contributed by atoms with Crippen LogP contribution in [0.3, 0.4) is 0 Å². The van der Waals surface area contributed by atoms with Gasteiger partial charge in [0.05, 0.1) is 0 Å². The zero-order valence-corrected chi connectivity index (χ0v) is 11.0. The topological polar surface area (TPSA) is 8.17 Å². The highest BCUT2D eigenvalue weighted by Crippen LogP contribution is 2.16. The van der Waals surface area contributed by atoms with E-state index < -0.39 is 0 Å². The van der Waals surface area contributed by atoms with Crippen LogP contribution >= 0.6 is 17.0 Å². The number of halogens is 1. The maximum Gasteiger partial charge on any atom is 0.0344 e. The number of nitrogens with zero attached hydrogens (tertiary/aromatic N) is 2. The number of aromatic nitrogens is 1. The minimum Gasteiger partial charge on any atom is -0.313 e. The third-order valence-corrected chi connectivity index (χ3v) is 3.20. The fourth-order valence-electron chi connectivity index (χ4n) is 2.34. The van der Waals surface area contributed by atoms with Crippen molar-refractivity contribution in [2.45, 2.75) is 19.3 Å². The van der Waals surface area contributed by atoms with Gasteiger partial charge >= 0.3 is 0 Å². The Morgan fingerprint density at radius 1 is 0.812 bits per heavy atom. The Balaban J connectivity index is 0.000000963. The van der Waals surface area contributed by atoms with E-state index in [9.17, 15) is 0 Å². The van der Waals surface area contributed by atoms with Crippen molar-refractivity contribution in [2.24, 2.45) is 0 Å². The van der Waals surface area contributed by atoms with Crippen LogP contribution in [0.4, 0.5) is 0 Å². The van der Waals surface area contributed by atoms with Gasteiger partial charge in [-0.2, -0.15) is 0 Å². The molecule has 1 fully saturated rings. The van der Waals surface area contributed by atoms with Crippen molar-refractivity contribution in [2.75, 3.05) is 18.1 Å². The zero-order chi connectivity index (χ0) is 10.1. The first-order valence-corrected chi connectivity index (χ1v) is 5.75. The molecule has 2 heterocycles. The van der Waals surface area contributed by atoms with E-state index in [0.717, 1.165) is 0 Å². The van der Waals surface area contributed by atoms with Crippen LogP contribution in [0.1, 0.15) is 19.3 Å². The van der Waals surface area contributed by atoms with Crippen LogP contribution in [0.2, 0.25) is 0 Å². The second-order valence-corrected chi connectivity index (χ2v) is 4.28. The minimum atomic E-state index is 0. The lowest BCUT2D eigenvalue weighted by Crippen LogP contribution is -2.38. The average Bonchev–Trinajstić information content (AvgIpc) is 2.74. The third-order valence-electron chi connectivity index (χ3n) is 3.20. The fraction of sp³-hybridized carbons (Fsp3) is 0.385. The average molecular weight is 281 g/mol. The van der Waals surface area contributed by atoms with Crippen LogP contribution in [0, 0.1) is 0 Å². The van der Waals surface area contributed by atoms with E-state index in [0.29, 0.717) is 0 Å². The number of rotatable bonds is 1. The van der Waals surface area contributed by atoms with Crippen molar-refractivity contribution < 1.29 is 0 Å². The van der Waals surface area contributed by atoms with Crippen molar-refractivity contribution in [3.63, 3.8) is 0 Å². The summed E-state index contributed by atoms with van der Waals surface area (Å²) in [5, 5.41) is 5.11. The Hall–Kier alpha value is -0.960. The normalized spacial score (nSPS) is 16.1. The lowest BCUT2D eigenvalue weighted by molar-refractivity contribution is 0.480. The monoisotopic (exact) mass is 280 g/mol. The Morgan fingerprint density at radius 2 is 1.38 bits per heavy atom. The third kappa shape index (κ3) is 2.09. The summed E-state index contributed by atoms with van der Waals surface area (Å²) in [5.41, 5.74) is 0. The Bertz CT molecular complexity index is 425. The minimum absolute atomic E-state index is 0. The number of piperidine rings is 1. The van der Waals surface area contributed by atoms with Gasteiger partial charge in [0.2, 0.25) is 0 Å². The van der Waals surface area contributed by atoms with Gasteiger partial charge in [-0.05, 0) is 19.3 Å². The Labute approximate surface area is 107 Å². The molecule has 0 bridgehead atoms. The molecule has 3 rings (SSSR count). The van der Waals surface area contributed by atoms with E-state index in [1.807, 2.05) is 0 Å². The summed E-state index contributed by atoms with van der Waals surface area (Å²) in [6.07, 6.45) is 8.52. The quantitative estimate of drug-likeness (QED) is 0.778. The van der Waals surface area contributed by atoms with E-state index in [-0.39, 0.29) is 17.0 Å². The summed E-state index contributed by atoms with van der Waals surface area (Å²) >= 11 is 0. The van der Waals surface area contributed by atoms with Crippen molar-refractivity contribution in [1.82, 2.24) is 4.68 Å². The molecule has 1 aliphatic rings. The maximum absolute atomic E-state index is 2.43. The molecule has 1 aliphatic heterocycles.